The molecule has 1 aromatic carbocycles. The second kappa shape index (κ2) is 10.9. The molecule has 0 aliphatic carbocycles. The molecule has 11 heteroatoms. The number of carbonyl (C=O) groups is 1. The number of methoxy groups -OCH3 is 1. The summed E-state index contributed by atoms with van der Waals surface area (Å²) in [4.78, 5) is 24.9. The molecule has 0 aliphatic rings. The van der Waals surface area contributed by atoms with E-state index in [-0.39, 0.29) is 16.9 Å². The lowest BCUT2D eigenvalue weighted by molar-refractivity contribution is 0.0951. The first-order valence-electron chi connectivity index (χ1n) is 9.22. The Morgan fingerprint density at radius 1 is 1.16 bits per heavy atom. The number of carbonyl (C=O) groups excluding carboxylic acids is 1. The zero-order valence-corrected chi connectivity index (χ0v) is 19.3. The average Bonchev–Trinajstić information content (AvgIpc) is 2.78. The molecule has 0 fully saturated rings. The van der Waals surface area contributed by atoms with Crippen LogP contribution in [-0.2, 0) is 11.2 Å². The Hall–Kier alpha value is -2.89. The summed E-state index contributed by atoms with van der Waals surface area (Å²) >= 11 is 2.04. The zero-order chi connectivity index (χ0) is 22.2. The molecule has 0 bridgehead atoms. The molecule has 1 unspecified atom stereocenters. The molecule has 1 amide bonds. The summed E-state index contributed by atoms with van der Waals surface area (Å²) in [5.74, 6) is 0.979. The summed E-state index contributed by atoms with van der Waals surface area (Å²) < 4.78 is 18.0. The van der Waals surface area contributed by atoms with Crippen molar-refractivity contribution in [1.29, 1.82) is 0 Å². The van der Waals surface area contributed by atoms with Crippen molar-refractivity contribution in [2.45, 2.75) is 5.16 Å². The fourth-order valence-corrected chi connectivity index (χ4v) is 3.30. The number of rotatable bonds is 9. The highest BCUT2D eigenvalue weighted by Gasteiger charge is 2.14. The number of hydrogen-bond donors (Lipinski definition) is 3. The highest BCUT2D eigenvalue weighted by atomic mass is 79.9. The van der Waals surface area contributed by atoms with Crippen LogP contribution in [0.2, 0.25) is 0 Å². The number of aromatic nitrogens is 3. The van der Waals surface area contributed by atoms with E-state index in [9.17, 15) is 9.35 Å². The van der Waals surface area contributed by atoms with E-state index in [0.29, 0.717) is 30.3 Å². The third kappa shape index (κ3) is 6.54. The molecule has 0 aliphatic heterocycles. The molecular formula is C20H21BrN6O3S. The molecule has 1 atom stereocenters. The molecule has 3 N–H and O–H groups in total. The summed E-state index contributed by atoms with van der Waals surface area (Å²) in [5.41, 5.74) is 1.19. The van der Waals surface area contributed by atoms with Crippen LogP contribution in [0.5, 0.6) is 5.88 Å². The Morgan fingerprint density at radius 2 is 1.90 bits per heavy atom. The van der Waals surface area contributed by atoms with E-state index in [1.54, 1.807) is 24.4 Å². The standard InChI is InChI=1S/C20H21BrN6O3S/c1-30-19-15(4-3-9-24-19)18(28)23-11-10-22-16-12-17(27-20(26-16)31(2)29)25-14-7-5-13(21)6-8-14/h3-9,12H,10-11H2,1-2H3,(H,23,28)(H2,22,25,26,27). The van der Waals surface area contributed by atoms with E-state index in [1.165, 1.54) is 13.4 Å². The van der Waals surface area contributed by atoms with Gasteiger partial charge in [-0.2, -0.15) is 9.97 Å². The van der Waals surface area contributed by atoms with Gasteiger partial charge in [-0.25, -0.2) is 4.98 Å². The lowest BCUT2D eigenvalue weighted by Crippen LogP contribution is -2.29. The number of nitrogens with zero attached hydrogens (tertiary/aromatic N) is 3. The molecule has 0 saturated heterocycles. The number of hydrogen-bond acceptors (Lipinski definition) is 8. The van der Waals surface area contributed by atoms with Crippen LogP contribution in [0.1, 0.15) is 10.4 Å². The van der Waals surface area contributed by atoms with Crippen molar-refractivity contribution >= 4 is 50.3 Å². The largest absolute Gasteiger partial charge is 0.609 e. The predicted octanol–water partition coefficient (Wildman–Crippen LogP) is 2.97. The number of anilines is 3. The van der Waals surface area contributed by atoms with E-state index in [0.717, 1.165) is 10.2 Å². The molecule has 9 nitrogen and oxygen atoms in total. The minimum absolute atomic E-state index is 0.203. The summed E-state index contributed by atoms with van der Waals surface area (Å²) in [7, 11) is 1.46. The fraction of sp³-hybridized carbons (Fsp3) is 0.200. The zero-order valence-electron chi connectivity index (χ0n) is 16.9. The molecule has 3 aromatic rings. The molecular weight excluding hydrogens is 484 g/mol. The van der Waals surface area contributed by atoms with Gasteiger partial charge in [0.2, 0.25) is 5.88 Å². The minimum Gasteiger partial charge on any atom is -0.609 e. The first-order valence-corrected chi connectivity index (χ1v) is 11.6. The Balaban J connectivity index is 1.62. The maximum atomic E-state index is 12.3. The van der Waals surface area contributed by atoms with Crippen molar-refractivity contribution in [3.8, 4) is 5.88 Å². The monoisotopic (exact) mass is 504 g/mol. The topological polar surface area (TPSA) is 124 Å². The second-order valence-corrected chi connectivity index (χ2v) is 8.44. The molecule has 3 rings (SSSR count). The molecule has 0 radical (unpaired) electrons. The van der Waals surface area contributed by atoms with Crippen LogP contribution in [-0.4, -0.2) is 51.9 Å². The van der Waals surface area contributed by atoms with Gasteiger partial charge in [-0.3, -0.25) is 4.79 Å². The van der Waals surface area contributed by atoms with Crippen LogP contribution in [0.4, 0.5) is 17.3 Å². The van der Waals surface area contributed by atoms with Gasteiger partial charge in [0.25, 0.3) is 5.91 Å². The summed E-state index contributed by atoms with van der Waals surface area (Å²) in [6, 6.07) is 12.6. The van der Waals surface area contributed by atoms with Crippen molar-refractivity contribution in [1.82, 2.24) is 20.3 Å². The summed E-state index contributed by atoms with van der Waals surface area (Å²) in [6.07, 6.45) is 3.07. The molecule has 31 heavy (non-hydrogen) atoms. The summed E-state index contributed by atoms with van der Waals surface area (Å²) in [6.45, 7) is 0.736. The van der Waals surface area contributed by atoms with Gasteiger partial charge in [0.1, 0.15) is 23.5 Å². The van der Waals surface area contributed by atoms with Crippen molar-refractivity contribution in [3.05, 3.63) is 58.7 Å². The SMILES string of the molecule is COc1ncccc1C(=O)NCCNc1cc(Nc2ccc(Br)cc2)nc([S+](C)[O-])n1. The van der Waals surface area contributed by atoms with Crippen LogP contribution in [0.25, 0.3) is 0 Å². The van der Waals surface area contributed by atoms with Gasteiger partial charge in [-0.1, -0.05) is 15.9 Å². The fourth-order valence-electron chi connectivity index (χ4n) is 2.58. The number of ether oxygens (including phenoxy) is 1. The normalized spacial score (nSPS) is 11.5. The van der Waals surface area contributed by atoms with Crippen molar-refractivity contribution in [2.24, 2.45) is 0 Å². The van der Waals surface area contributed by atoms with Gasteiger partial charge >= 0.3 is 5.16 Å². The van der Waals surface area contributed by atoms with Crippen molar-refractivity contribution < 1.29 is 14.1 Å². The molecule has 162 valence electrons. The van der Waals surface area contributed by atoms with E-state index < -0.39 is 11.2 Å². The van der Waals surface area contributed by atoms with Crippen molar-refractivity contribution in [2.75, 3.05) is 37.1 Å². The third-order valence-electron chi connectivity index (χ3n) is 4.01. The smallest absolute Gasteiger partial charge is 0.346 e. The van der Waals surface area contributed by atoms with Crippen LogP contribution < -0.4 is 20.7 Å². The number of halogens is 1. The number of benzene rings is 1. The molecule has 2 aromatic heterocycles. The number of amides is 1. The maximum Gasteiger partial charge on any atom is 0.346 e. The van der Waals surface area contributed by atoms with E-state index >= 15 is 0 Å². The Bertz CT molecular complexity index is 1040. The summed E-state index contributed by atoms with van der Waals surface area (Å²) in [5, 5.41) is 9.29. The second-order valence-electron chi connectivity index (χ2n) is 6.25. The van der Waals surface area contributed by atoms with Gasteiger partial charge in [0.05, 0.1) is 7.11 Å². The Kier molecular flexibility index (Phi) is 8.04. The van der Waals surface area contributed by atoms with E-state index in [1.807, 2.05) is 24.3 Å². The Morgan fingerprint density at radius 3 is 2.61 bits per heavy atom. The lowest BCUT2D eigenvalue weighted by Gasteiger charge is -2.12. The third-order valence-corrected chi connectivity index (χ3v) is 5.23. The van der Waals surface area contributed by atoms with Gasteiger partial charge in [0.15, 0.2) is 0 Å². The van der Waals surface area contributed by atoms with Gasteiger partial charge < -0.3 is 25.2 Å². The van der Waals surface area contributed by atoms with Gasteiger partial charge in [-0.15, -0.1) is 0 Å². The lowest BCUT2D eigenvalue weighted by atomic mass is 10.2. The van der Waals surface area contributed by atoms with Crippen LogP contribution in [0.15, 0.2) is 58.3 Å². The highest BCUT2D eigenvalue weighted by Crippen LogP contribution is 2.21. The first-order chi connectivity index (χ1) is 15.0. The van der Waals surface area contributed by atoms with Crippen LogP contribution in [0.3, 0.4) is 0 Å². The average molecular weight is 505 g/mol. The Labute approximate surface area is 191 Å². The molecule has 2 heterocycles. The maximum absolute atomic E-state index is 12.3. The quantitative estimate of drug-likeness (QED) is 0.230. The van der Waals surface area contributed by atoms with Crippen LogP contribution in [0, 0.1) is 0 Å². The van der Waals surface area contributed by atoms with Crippen LogP contribution >= 0.6 is 15.9 Å². The van der Waals surface area contributed by atoms with Crippen molar-refractivity contribution in [3.63, 3.8) is 0 Å². The van der Waals surface area contributed by atoms with Gasteiger partial charge in [-0.05, 0) is 36.4 Å². The number of pyridine rings is 1. The predicted molar refractivity (Wildman–Crippen MR) is 123 cm³/mol. The first kappa shape index (κ1) is 22.8. The van der Waals surface area contributed by atoms with E-state index in [4.69, 9.17) is 4.74 Å². The highest BCUT2D eigenvalue weighted by molar-refractivity contribution is 9.10. The molecule has 0 saturated carbocycles. The molecule has 0 spiro atoms. The number of nitrogens with one attached hydrogen (secondary N) is 3. The van der Waals surface area contributed by atoms with E-state index in [2.05, 4.69) is 46.8 Å². The van der Waals surface area contributed by atoms with Gasteiger partial charge in [0, 0.05) is 46.7 Å². The minimum atomic E-state index is -1.35.